The van der Waals surface area contributed by atoms with Gasteiger partial charge in [-0.25, -0.2) is 0 Å². The smallest absolute Gasteiger partial charge is 0.321 e. The second-order valence-corrected chi connectivity index (χ2v) is 2.07. The third-order valence-electron chi connectivity index (χ3n) is 1.29. The molecule has 11 heavy (non-hydrogen) atoms. The van der Waals surface area contributed by atoms with Crippen molar-refractivity contribution >= 4 is 11.9 Å². The Labute approximate surface area is 62.9 Å². The number of carboxylic acid groups (broad SMARTS) is 2. The highest BCUT2D eigenvalue weighted by molar-refractivity contribution is 5.81. The van der Waals surface area contributed by atoms with Gasteiger partial charge in [0.1, 0.15) is 0 Å². The van der Waals surface area contributed by atoms with Crippen LogP contribution in [0.3, 0.4) is 0 Å². The number of hydrogen-bond acceptors (Lipinski definition) is 3. The topological polar surface area (TPSA) is 98.4 Å². The van der Waals surface area contributed by atoms with Crippen molar-refractivity contribution in [3.8, 4) is 6.07 Å². The molecule has 5 heteroatoms. The predicted octanol–water partition coefficient (Wildman–Crippen LogP) is -0.0685. The van der Waals surface area contributed by atoms with Crippen LogP contribution in [0.2, 0.25) is 0 Å². The summed E-state index contributed by atoms with van der Waals surface area (Å²) in [6.07, 6.45) is 0. The molecule has 0 rings (SSSR count). The van der Waals surface area contributed by atoms with Crippen molar-refractivity contribution in [2.45, 2.75) is 6.92 Å². The molecular formula is C6H7NO4. The number of nitriles is 1. The van der Waals surface area contributed by atoms with Gasteiger partial charge in [-0.3, -0.25) is 9.59 Å². The average molecular weight is 157 g/mol. The molecule has 0 heterocycles. The zero-order valence-corrected chi connectivity index (χ0v) is 5.81. The maximum atomic E-state index is 10.2. The van der Waals surface area contributed by atoms with Crippen LogP contribution in [0.15, 0.2) is 0 Å². The van der Waals surface area contributed by atoms with E-state index < -0.39 is 23.8 Å². The Morgan fingerprint density at radius 3 is 1.91 bits per heavy atom. The Hall–Kier alpha value is -1.57. The van der Waals surface area contributed by atoms with Crippen molar-refractivity contribution < 1.29 is 19.8 Å². The van der Waals surface area contributed by atoms with Crippen LogP contribution in [0.4, 0.5) is 0 Å². The number of carbonyl (C=O) groups is 2. The zero-order chi connectivity index (χ0) is 9.02. The molecule has 0 aliphatic heterocycles. The molecule has 0 aromatic rings. The number of aliphatic carboxylic acids is 2. The molecule has 0 amide bonds. The molecule has 0 aliphatic rings. The minimum atomic E-state index is -1.47. The molecule has 0 saturated carbocycles. The fraction of sp³-hybridized carbons (Fsp3) is 0.500. The van der Waals surface area contributed by atoms with Gasteiger partial charge < -0.3 is 10.2 Å². The first-order chi connectivity index (χ1) is 5.00. The lowest BCUT2D eigenvalue weighted by molar-refractivity contribution is -0.150. The van der Waals surface area contributed by atoms with Gasteiger partial charge >= 0.3 is 11.9 Å². The van der Waals surface area contributed by atoms with Crippen molar-refractivity contribution in [3.63, 3.8) is 0 Å². The van der Waals surface area contributed by atoms with Gasteiger partial charge in [0, 0.05) is 0 Å². The van der Waals surface area contributed by atoms with E-state index in [4.69, 9.17) is 15.5 Å². The van der Waals surface area contributed by atoms with Crippen molar-refractivity contribution in [1.29, 1.82) is 5.26 Å². The summed E-state index contributed by atoms with van der Waals surface area (Å²) in [5.41, 5.74) is 0. The molecule has 0 spiro atoms. The summed E-state index contributed by atoms with van der Waals surface area (Å²) in [5, 5.41) is 24.8. The van der Waals surface area contributed by atoms with Crippen LogP contribution >= 0.6 is 0 Å². The Bertz CT molecular complexity index is 217. The molecular weight excluding hydrogens is 150 g/mol. The lowest BCUT2D eigenvalue weighted by atomic mass is 9.96. The van der Waals surface area contributed by atoms with Crippen LogP contribution in [0.1, 0.15) is 6.92 Å². The van der Waals surface area contributed by atoms with Gasteiger partial charge in [0.05, 0.1) is 12.0 Å². The number of nitrogens with zero attached hydrogens (tertiary/aromatic N) is 1. The molecule has 0 aliphatic carbocycles. The molecule has 0 aromatic carbocycles. The number of carboxylic acids is 2. The first-order valence-electron chi connectivity index (χ1n) is 2.86. The summed E-state index contributed by atoms with van der Waals surface area (Å²) >= 11 is 0. The Morgan fingerprint density at radius 1 is 1.36 bits per heavy atom. The molecule has 1 unspecified atom stereocenters. The van der Waals surface area contributed by atoms with Crippen molar-refractivity contribution in [3.05, 3.63) is 0 Å². The van der Waals surface area contributed by atoms with E-state index in [9.17, 15) is 9.59 Å². The Morgan fingerprint density at radius 2 is 1.82 bits per heavy atom. The minimum absolute atomic E-state index is 1.17. The third kappa shape index (κ3) is 2.26. The van der Waals surface area contributed by atoms with Crippen molar-refractivity contribution in [2.75, 3.05) is 0 Å². The van der Waals surface area contributed by atoms with E-state index in [2.05, 4.69) is 0 Å². The predicted molar refractivity (Wildman–Crippen MR) is 33.5 cm³/mol. The fourth-order valence-electron chi connectivity index (χ4n) is 0.523. The molecule has 0 fully saturated rings. The van der Waals surface area contributed by atoms with E-state index in [1.165, 1.54) is 13.0 Å². The van der Waals surface area contributed by atoms with E-state index >= 15 is 0 Å². The summed E-state index contributed by atoms with van der Waals surface area (Å²) in [7, 11) is 0. The quantitative estimate of drug-likeness (QED) is 0.597. The molecule has 5 nitrogen and oxygen atoms in total. The van der Waals surface area contributed by atoms with Gasteiger partial charge in [-0.2, -0.15) is 5.26 Å². The van der Waals surface area contributed by atoms with Crippen LogP contribution in [0.25, 0.3) is 0 Å². The first kappa shape index (κ1) is 9.43. The van der Waals surface area contributed by atoms with Crippen LogP contribution in [-0.2, 0) is 9.59 Å². The van der Waals surface area contributed by atoms with E-state index in [-0.39, 0.29) is 0 Å². The standard InChI is InChI=1S/C6H7NO4/c1-3(5(8)9)4(2-7)6(10)11/h3-4H,1H3,(H,8,9)(H,10,11)/t3-,4?/m1/s1. The Balaban J connectivity index is 4.42. The summed E-state index contributed by atoms with van der Waals surface area (Å²) in [4.78, 5) is 20.4. The van der Waals surface area contributed by atoms with Gasteiger partial charge in [0.15, 0.2) is 5.92 Å². The Kier molecular flexibility index (Phi) is 3.05. The molecule has 60 valence electrons. The molecule has 0 aromatic heterocycles. The first-order valence-corrected chi connectivity index (χ1v) is 2.86. The summed E-state index contributed by atoms with van der Waals surface area (Å²) < 4.78 is 0. The third-order valence-corrected chi connectivity index (χ3v) is 1.29. The van der Waals surface area contributed by atoms with Crippen LogP contribution < -0.4 is 0 Å². The lowest BCUT2D eigenvalue weighted by Crippen LogP contribution is -2.26. The van der Waals surface area contributed by atoms with Gasteiger partial charge in [0.25, 0.3) is 0 Å². The van der Waals surface area contributed by atoms with E-state index in [0.29, 0.717) is 0 Å². The molecule has 0 radical (unpaired) electrons. The van der Waals surface area contributed by atoms with E-state index in [1.54, 1.807) is 0 Å². The number of hydrogen-bond donors (Lipinski definition) is 2. The fourth-order valence-corrected chi connectivity index (χ4v) is 0.523. The second-order valence-electron chi connectivity index (χ2n) is 2.07. The van der Waals surface area contributed by atoms with E-state index in [1.807, 2.05) is 0 Å². The molecule has 0 saturated heterocycles. The summed E-state index contributed by atoms with van der Waals surface area (Å²) in [5.74, 6) is -5.31. The maximum Gasteiger partial charge on any atom is 0.321 e. The lowest BCUT2D eigenvalue weighted by Gasteiger charge is -2.06. The highest BCUT2D eigenvalue weighted by atomic mass is 16.4. The number of rotatable bonds is 3. The molecule has 2 atom stereocenters. The largest absolute Gasteiger partial charge is 0.481 e. The van der Waals surface area contributed by atoms with Crippen LogP contribution in [0, 0.1) is 23.2 Å². The normalized spacial score (nSPS) is 14.5. The maximum absolute atomic E-state index is 10.2. The zero-order valence-electron chi connectivity index (χ0n) is 5.81. The van der Waals surface area contributed by atoms with Crippen molar-refractivity contribution in [2.24, 2.45) is 11.8 Å². The molecule has 0 bridgehead atoms. The highest BCUT2D eigenvalue weighted by Crippen LogP contribution is 2.10. The van der Waals surface area contributed by atoms with Gasteiger partial charge in [0.2, 0.25) is 0 Å². The van der Waals surface area contributed by atoms with E-state index in [0.717, 1.165) is 0 Å². The summed E-state index contributed by atoms with van der Waals surface area (Å²) in [6, 6.07) is 1.40. The minimum Gasteiger partial charge on any atom is -0.481 e. The molecule has 2 N–H and O–H groups in total. The van der Waals surface area contributed by atoms with Crippen LogP contribution in [0.5, 0.6) is 0 Å². The SMILES string of the molecule is C[C@@H](C(=O)O)C(C#N)C(=O)O. The average Bonchev–Trinajstić information content (AvgIpc) is 1.88. The van der Waals surface area contributed by atoms with Crippen molar-refractivity contribution in [1.82, 2.24) is 0 Å². The van der Waals surface area contributed by atoms with Gasteiger partial charge in [-0.05, 0) is 0 Å². The highest BCUT2D eigenvalue weighted by Gasteiger charge is 2.29. The van der Waals surface area contributed by atoms with Crippen LogP contribution in [-0.4, -0.2) is 22.2 Å². The second kappa shape index (κ2) is 3.56. The summed E-state index contributed by atoms with van der Waals surface area (Å²) in [6.45, 7) is 1.18. The van der Waals surface area contributed by atoms with Gasteiger partial charge in [-0.15, -0.1) is 0 Å². The monoisotopic (exact) mass is 157 g/mol. The van der Waals surface area contributed by atoms with Gasteiger partial charge in [-0.1, -0.05) is 6.92 Å².